The monoisotopic (exact) mass is 251 g/mol. The van der Waals surface area contributed by atoms with E-state index in [0.717, 1.165) is 18.5 Å². The van der Waals surface area contributed by atoms with Crippen molar-refractivity contribution in [2.75, 3.05) is 6.54 Å². The molecule has 0 spiro atoms. The maximum Gasteiger partial charge on any atom is 0.228 e. The molecule has 2 aromatic rings. The molecule has 1 amide bonds. The zero-order valence-electron chi connectivity index (χ0n) is 10.8. The fourth-order valence-corrected chi connectivity index (χ4v) is 2.91. The molecule has 2 atom stereocenters. The molecule has 0 unspecified atom stereocenters. The SMILES string of the molecule is O=C1NCC[C@H](c2ccccc2)[C@H]1c1ccccc1. The molecule has 96 valence electrons. The zero-order valence-corrected chi connectivity index (χ0v) is 10.8. The van der Waals surface area contributed by atoms with Gasteiger partial charge in [0.15, 0.2) is 0 Å². The molecule has 19 heavy (non-hydrogen) atoms. The van der Waals surface area contributed by atoms with E-state index in [1.54, 1.807) is 0 Å². The minimum atomic E-state index is -0.0719. The van der Waals surface area contributed by atoms with Gasteiger partial charge in [0.25, 0.3) is 0 Å². The standard InChI is InChI=1S/C17H17NO/c19-17-16(14-9-5-2-6-10-14)15(11-12-18-17)13-7-3-1-4-8-13/h1-10,15-16H,11-12H2,(H,18,19)/t15-,16-/m1/s1. The van der Waals surface area contributed by atoms with Crippen LogP contribution in [0, 0.1) is 0 Å². The van der Waals surface area contributed by atoms with Gasteiger partial charge in [-0.1, -0.05) is 60.7 Å². The van der Waals surface area contributed by atoms with Crippen molar-refractivity contribution in [2.24, 2.45) is 0 Å². The summed E-state index contributed by atoms with van der Waals surface area (Å²) in [5.41, 5.74) is 2.36. The summed E-state index contributed by atoms with van der Waals surface area (Å²) in [6.45, 7) is 0.766. The fourth-order valence-electron chi connectivity index (χ4n) is 2.91. The molecule has 2 aromatic carbocycles. The molecule has 1 saturated heterocycles. The Hall–Kier alpha value is -2.09. The summed E-state index contributed by atoms with van der Waals surface area (Å²) < 4.78 is 0. The van der Waals surface area contributed by atoms with Crippen LogP contribution in [-0.4, -0.2) is 12.5 Å². The number of hydrogen-bond donors (Lipinski definition) is 1. The highest BCUT2D eigenvalue weighted by Crippen LogP contribution is 2.37. The maximum absolute atomic E-state index is 12.3. The number of carbonyl (C=O) groups is 1. The Balaban J connectivity index is 1.99. The molecule has 2 nitrogen and oxygen atoms in total. The highest BCUT2D eigenvalue weighted by atomic mass is 16.1. The third-order valence-corrected chi connectivity index (χ3v) is 3.83. The van der Waals surface area contributed by atoms with Crippen molar-refractivity contribution in [3.8, 4) is 0 Å². The Bertz CT molecular complexity index is 550. The third-order valence-electron chi connectivity index (χ3n) is 3.83. The predicted molar refractivity (Wildman–Crippen MR) is 76.0 cm³/mol. The second-order valence-corrected chi connectivity index (χ2v) is 4.99. The molecule has 0 radical (unpaired) electrons. The molecule has 0 saturated carbocycles. The second-order valence-electron chi connectivity index (χ2n) is 4.99. The van der Waals surface area contributed by atoms with Crippen molar-refractivity contribution in [1.82, 2.24) is 5.32 Å². The number of carbonyl (C=O) groups excluding carboxylic acids is 1. The molecular weight excluding hydrogens is 234 g/mol. The first-order valence-electron chi connectivity index (χ1n) is 6.74. The normalized spacial score (nSPS) is 22.8. The summed E-state index contributed by atoms with van der Waals surface area (Å²) in [5, 5.41) is 2.99. The molecule has 1 N–H and O–H groups in total. The highest BCUT2D eigenvalue weighted by Gasteiger charge is 2.33. The first-order valence-corrected chi connectivity index (χ1v) is 6.74. The van der Waals surface area contributed by atoms with Crippen LogP contribution in [0.2, 0.25) is 0 Å². The first kappa shape index (κ1) is 12.0. The lowest BCUT2D eigenvalue weighted by atomic mass is 9.77. The smallest absolute Gasteiger partial charge is 0.228 e. The molecule has 1 aliphatic heterocycles. The van der Waals surface area contributed by atoms with Gasteiger partial charge in [0.1, 0.15) is 0 Å². The van der Waals surface area contributed by atoms with Gasteiger partial charge in [-0.2, -0.15) is 0 Å². The molecule has 2 heteroatoms. The summed E-state index contributed by atoms with van der Waals surface area (Å²) in [7, 11) is 0. The van der Waals surface area contributed by atoms with Gasteiger partial charge in [-0.3, -0.25) is 4.79 Å². The predicted octanol–water partition coefficient (Wildman–Crippen LogP) is 3.07. The Morgan fingerprint density at radius 2 is 1.42 bits per heavy atom. The minimum Gasteiger partial charge on any atom is -0.356 e. The number of rotatable bonds is 2. The average Bonchev–Trinajstić information content (AvgIpc) is 2.49. The van der Waals surface area contributed by atoms with Crippen molar-refractivity contribution >= 4 is 5.91 Å². The van der Waals surface area contributed by atoms with Crippen LogP contribution in [0.1, 0.15) is 29.4 Å². The molecule has 1 heterocycles. The Labute approximate surface area is 113 Å². The van der Waals surface area contributed by atoms with E-state index in [-0.39, 0.29) is 17.7 Å². The van der Waals surface area contributed by atoms with Gasteiger partial charge in [-0.05, 0) is 17.5 Å². The summed E-state index contributed by atoms with van der Waals surface area (Å²) in [4.78, 5) is 12.3. The zero-order chi connectivity index (χ0) is 13.1. The summed E-state index contributed by atoms with van der Waals surface area (Å²) in [5.74, 6) is 0.348. The number of piperidine rings is 1. The first-order chi connectivity index (χ1) is 9.36. The number of amides is 1. The summed E-state index contributed by atoms with van der Waals surface area (Å²) >= 11 is 0. The van der Waals surface area contributed by atoms with Crippen LogP contribution in [0.25, 0.3) is 0 Å². The molecule has 3 rings (SSSR count). The Kier molecular flexibility index (Phi) is 3.32. The van der Waals surface area contributed by atoms with E-state index < -0.39 is 0 Å². The Morgan fingerprint density at radius 1 is 0.842 bits per heavy atom. The molecular formula is C17H17NO. The number of nitrogens with one attached hydrogen (secondary N) is 1. The van der Waals surface area contributed by atoms with Crippen LogP contribution in [0.4, 0.5) is 0 Å². The second kappa shape index (κ2) is 5.27. The van der Waals surface area contributed by atoms with Gasteiger partial charge >= 0.3 is 0 Å². The molecule has 1 fully saturated rings. The average molecular weight is 251 g/mol. The van der Waals surface area contributed by atoms with Gasteiger partial charge in [-0.15, -0.1) is 0 Å². The van der Waals surface area contributed by atoms with Gasteiger partial charge in [0.2, 0.25) is 5.91 Å². The fraction of sp³-hybridized carbons (Fsp3) is 0.235. The maximum atomic E-state index is 12.3. The van der Waals surface area contributed by atoms with Crippen LogP contribution in [0.5, 0.6) is 0 Å². The minimum absolute atomic E-state index is 0.0719. The molecule has 0 aliphatic carbocycles. The molecule has 0 aromatic heterocycles. The summed E-state index contributed by atoms with van der Waals surface area (Å²) in [6.07, 6.45) is 0.995. The Morgan fingerprint density at radius 3 is 2.05 bits per heavy atom. The van der Waals surface area contributed by atoms with Crippen molar-refractivity contribution in [2.45, 2.75) is 18.3 Å². The van der Waals surface area contributed by atoms with E-state index in [1.807, 2.05) is 48.5 Å². The topological polar surface area (TPSA) is 29.1 Å². The van der Waals surface area contributed by atoms with Gasteiger partial charge in [0, 0.05) is 12.5 Å². The van der Waals surface area contributed by atoms with Crippen LogP contribution in [0.15, 0.2) is 60.7 Å². The highest BCUT2D eigenvalue weighted by molar-refractivity contribution is 5.85. The third kappa shape index (κ3) is 2.39. The number of benzene rings is 2. The van der Waals surface area contributed by atoms with Crippen LogP contribution < -0.4 is 5.32 Å². The van der Waals surface area contributed by atoms with Gasteiger partial charge in [-0.25, -0.2) is 0 Å². The van der Waals surface area contributed by atoms with Crippen LogP contribution >= 0.6 is 0 Å². The van der Waals surface area contributed by atoms with Crippen molar-refractivity contribution in [1.29, 1.82) is 0 Å². The van der Waals surface area contributed by atoms with E-state index in [0.29, 0.717) is 0 Å². The van der Waals surface area contributed by atoms with E-state index in [9.17, 15) is 4.79 Å². The van der Waals surface area contributed by atoms with E-state index >= 15 is 0 Å². The molecule has 0 bridgehead atoms. The van der Waals surface area contributed by atoms with Crippen LogP contribution in [0.3, 0.4) is 0 Å². The lowest BCUT2D eigenvalue weighted by Crippen LogP contribution is -2.39. The lowest BCUT2D eigenvalue weighted by molar-refractivity contribution is -0.124. The number of hydrogen-bond acceptors (Lipinski definition) is 1. The van der Waals surface area contributed by atoms with Crippen molar-refractivity contribution < 1.29 is 4.79 Å². The quantitative estimate of drug-likeness (QED) is 0.873. The largest absolute Gasteiger partial charge is 0.356 e. The van der Waals surface area contributed by atoms with E-state index in [1.165, 1.54) is 5.56 Å². The van der Waals surface area contributed by atoms with Crippen molar-refractivity contribution in [3.05, 3.63) is 71.8 Å². The van der Waals surface area contributed by atoms with Gasteiger partial charge in [0.05, 0.1) is 5.92 Å². The van der Waals surface area contributed by atoms with Crippen molar-refractivity contribution in [3.63, 3.8) is 0 Å². The van der Waals surface area contributed by atoms with E-state index in [2.05, 4.69) is 17.4 Å². The van der Waals surface area contributed by atoms with Gasteiger partial charge < -0.3 is 5.32 Å². The van der Waals surface area contributed by atoms with Crippen LogP contribution in [-0.2, 0) is 4.79 Å². The summed E-state index contributed by atoms with van der Waals surface area (Å²) in [6, 6.07) is 20.4. The van der Waals surface area contributed by atoms with E-state index in [4.69, 9.17) is 0 Å². The molecule has 1 aliphatic rings. The lowest BCUT2D eigenvalue weighted by Gasteiger charge is -2.31.